The number of amides is 2. The lowest BCUT2D eigenvalue weighted by molar-refractivity contribution is 0.0582. The van der Waals surface area contributed by atoms with Gasteiger partial charge in [0.1, 0.15) is 23.2 Å². The second kappa shape index (κ2) is 14.1. The van der Waals surface area contributed by atoms with Crippen molar-refractivity contribution < 1.29 is 41.4 Å². The van der Waals surface area contributed by atoms with Crippen molar-refractivity contribution in [1.82, 2.24) is 9.47 Å². The van der Waals surface area contributed by atoms with Crippen LogP contribution in [0.15, 0.2) is 41.3 Å². The number of sulfone groups is 1. The molecule has 14 heteroatoms. The molecule has 4 rings (SSSR count). The number of aromatic nitrogens is 1. The quantitative estimate of drug-likeness (QED) is 0.283. The number of carbonyl (C=O) groups is 2. The van der Waals surface area contributed by atoms with E-state index in [9.17, 15) is 27.5 Å². The molecule has 2 atom stereocenters. The topological polar surface area (TPSA) is 130 Å². The number of hydrogen-bond acceptors (Lipinski definition) is 7. The summed E-state index contributed by atoms with van der Waals surface area (Å²) in [6.07, 6.45) is -1.44. The first-order valence-corrected chi connectivity index (χ1v) is 17.0. The maximum absolute atomic E-state index is 15.5. The van der Waals surface area contributed by atoms with Gasteiger partial charge in [0, 0.05) is 36.5 Å². The number of alkyl halides is 1. The number of nitrogens with one attached hydrogen (secondary N) is 1. The number of carboxylic acid groups (broad SMARTS) is 1. The molecule has 0 saturated carbocycles. The minimum absolute atomic E-state index is 0.186. The molecule has 0 aliphatic carbocycles. The third kappa shape index (κ3) is 8.26. The van der Waals surface area contributed by atoms with Crippen LogP contribution in [0.5, 0.6) is 5.75 Å². The summed E-state index contributed by atoms with van der Waals surface area (Å²) in [6.45, 7) is 7.25. The molecule has 2 amide bonds. The average molecular weight is 675 g/mol. The molecule has 1 fully saturated rings. The Hall–Kier alpha value is -4.51. The van der Waals surface area contributed by atoms with Gasteiger partial charge in [-0.05, 0) is 63.8 Å². The van der Waals surface area contributed by atoms with Crippen LogP contribution in [0.25, 0.3) is 10.9 Å². The molecule has 47 heavy (non-hydrogen) atoms. The molecule has 2 N–H and O–H groups in total. The number of methoxy groups -OCH3 is 1. The molecule has 2 aromatic carbocycles. The molecule has 1 saturated heterocycles. The Morgan fingerprint density at radius 1 is 1.21 bits per heavy atom. The largest absolute Gasteiger partial charge is 0.494 e. The van der Waals surface area contributed by atoms with Crippen molar-refractivity contribution in [3.05, 3.63) is 47.9 Å². The van der Waals surface area contributed by atoms with Gasteiger partial charge in [0.25, 0.3) is 0 Å². The monoisotopic (exact) mass is 674 g/mol. The van der Waals surface area contributed by atoms with E-state index >= 15 is 4.39 Å². The number of piperidine rings is 1. The van der Waals surface area contributed by atoms with Gasteiger partial charge in [0.2, 0.25) is 0 Å². The fourth-order valence-corrected chi connectivity index (χ4v) is 6.00. The minimum Gasteiger partial charge on any atom is -0.494 e. The number of anilines is 2. The van der Waals surface area contributed by atoms with Gasteiger partial charge >= 0.3 is 12.2 Å². The summed E-state index contributed by atoms with van der Waals surface area (Å²) in [7, 11) is -2.55. The number of fused-ring (bicyclic) bond motifs is 1. The van der Waals surface area contributed by atoms with Crippen molar-refractivity contribution in [1.29, 1.82) is 0 Å². The van der Waals surface area contributed by atoms with Crippen molar-refractivity contribution >= 4 is 44.3 Å². The van der Waals surface area contributed by atoms with E-state index in [1.54, 1.807) is 20.8 Å². The molecule has 0 radical (unpaired) electrons. The molecule has 1 aliphatic heterocycles. The second-order valence-corrected chi connectivity index (χ2v) is 14.3. The Kier molecular flexibility index (Phi) is 10.6. The zero-order valence-electron chi connectivity index (χ0n) is 27.3. The summed E-state index contributed by atoms with van der Waals surface area (Å²) in [5.74, 6) is 4.84. The van der Waals surface area contributed by atoms with Crippen molar-refractivity contribution in [3.63, 3.8) is 0 Å². The van der Waals surface area contributed by atoms with Crippen LogP contribution in [0.4, 0.5) is 29.7 Å². The number of carbonyl (C=O) groups excluding carboxylic acids is 1. The fourth-order valence-electron chi connectivity index (χ4n) is 5.36. The van der Waals surface area contributed by atoms with E-state index in [-0.39, 0.29) is 36.0 Å². The average Bonchev–Trinajstić information content (AvgIpc) is 3.33. The first-order chi connectivity index (χ1) is 22.0. The molecule has 254 valence electrons. The Labute approximate surface area is 273 Å². The molecule has 11 nitrogen and oxygen atoms in total. The highest BCUT2D eigenvalue weighted by Gasteiger charge is 2.32. The first-order valence-electron chi connectivity index (χ1n) is 15.1. The summed E-state index contributed by atoms with van der Waals surface area (Å²) >= 11 is 0. The van der Waals surface area contributed by atoms with E-state index in [0.29, 0.717) is 24.3 Å². The maximum Gasteiger partial charge on any atom is 0.415 e. The fraction of sp³-hybridized carbons (Fsp3) is 0.455. The third-order valence-electron chi connectivity index (χ3n) is 7.53. The number of hydrogen-bond donors (Lipinski definition) is 2. The zero-order valence-corrected chi connectivity index (χ0v) is 28.1. The Bertz CT molecular complexity index is 1830. The smallest absolute Gasteiger partial charge is 0.415 e. The van der Waals surface area contributed by atoms with Crippen molar-refractivity contribution in [2.45, 2.75) is 69.8 Å². The van der Waals surface area contributed by atoms with E-state index in [0.717, 1.165) is 45.5 Å². The van der Waals surface area contributed by atoms with Gasteiger partial charge in [-0.15, -0.1) is 0 Å². The van der Waals surface area contributed by atoms with Gasteiger partial charge in [-0.2, -0.15) is 0 Å². The molecule has 1 aromatic heterocycles. The Morgan fingerprint density at radius 2 is 1.94 bits per heavy atom. The SMILES string of the molecule is CCCn1c(C#CCN(C(=O)OC(C)(C)C)c2c(F)cc(S(C)(=O)=O)cc2OC)cc2c(N[C@H]3CCN(C(=O)O)C[C@H]3F)cccc21. The predicted molar refractivity (Wildman–Crippen MR) is 175 cm³/mol. The number of nitrogens with zero attached hydrogens (tertiary/aromatic N) is 3. The highest BCUT2D eigenvalue weighted by Crippen LogP contribution is 2.35. The van der Waals surface area contributed by atoms with Crippen LogP contribution in [-0.4, -0.2) is 86.0 Å². The van der Waals surface area contributed by atoms with Gasteiger partial charge in [-0.1, -0.05) is 18.9 Å². The van der Waals surface area contributed by atoms with Gasteiger partial charge in [-0.3, -0.25) is 4.90 Å². The summed E-state index contributed by atoms with van der Waals surface area (Å²) in [5.41, 5.74) is 0.854. The van der Waals surface area contributed by atoms with Crippen molar-refractivity contribution in [2.24, 2.45) is 0 Å². The maximum atomic E-state index is 15.5. The molecular weight excluding hydrogens is 634 g/mol. The van der Waals surface area contributed by atoms with Gasteiger partial charge in [0.05, 0.1) is 42.3 Å². The predicted octanol–water partition coefficient (Wildman–Crippen LogP) is 5.90. The zero-order chi connectivity index (χ0) is 34.7. The normalized spacial score (nSPS) is 16.7. The van der Waals surface area contributed by atoms with E-state index in [1.807, 2.05) is 35.8 Å². The van der Waals surface area contributed by atoms with Crippen LogP contribution in [0.3, 0.4) is 0 Å². The van der Waals surface area contributed by atoms with E-state index in [4.69, 9.17) is 9.47 Å². The molecule has 0 spiro atoms. The Morgan fingerprint density at radius 3 is 2.53 bits per heavy atom. The molecular formula is C33H40F2N4O7S. The lowest BCUT2D eigenvalue weighted by Gasteiger charge is -2.34. The van der Waals surface area contributed by atoms with Crippen LogP contribution in [0.1, 0.15) is 46.2 Å². The van der Waals surface area contributed by atoms with E-state index in [2.05, 4.69) is 17.2 Å². The molecule has 0 bridgehead atoms. The van der Waals surface area contributed by atoms with Gasteiger partial charge in [-0.25, -0.2) is 26.8 Å². The number of rotatable bonds is 8. The van der Waals surface area contributed by atoms with Crippen molar-refractivity contribution in [3.8, 4) is 17.6 Å². The summed E-state index contributed by atoms with van der Waals surface area (Å²) in [6, 6.07) is 8.80. The standard InChI is InChI=1S/C33H40F2N4O7S/c1-7-14-38-21(17-23-26(11-8-12-28(23)38)36-27-13-16-37(31(40)41)20-25(27)35)10-9-15-39(32(42)46-33(2,3)4)30-24(34)18-22(47(6,43)44)19-29(30)45-5/h8,11-12,17-19,25,27,36H,7,13-16,20H2,1-6H3,(H,40,41)/t25-,27+/m1/s1. The molecule has 0 unspecified atom stereocenters. The summed E-state index contributed by atoms with van der Waals surface area (Å²) in [4.78, 5) is 26.4. The van der Waals surface area contributed by atoms with Crippen LogP contribution < -0.4 is 15.0 Å². The lowest BCUT2D eigenvalue weighted by Crippen LogP contribution is -2.49. The highest BCUT2D eigenvalue weighted by molar-refractivity contribution is 7.90. The lowest BCUT2D eigenvalue weighted by atomic mass is 10.0. The third-order valence-corrected chi connectivity index (χ3v) is 8.63. The Balaban J connectivity index is 1.72. The van der Waals surface area contributed by atoms with Crippen LogP contribution in [0.2, 0.25) is 0 Å². The number of halogens is 2. The highest BCUT2D eigenvalue weighted by atomic mass is 32.2. The number of aryl methyl sites for hydroxylation is 1. The number of likely N-dealkylation sites (tertiary alicyclic amines) is 1. The molecule has 1 aliphatic rings. The number of ether oxygens (including phenoxy) is 2. The van der Waals surface area contributed by atoms with Crippen LogP contribution in [0, 0.1) is 17.7 Å². The van der Waals surface area contributed by atoms with Crippen molar-refractivity contribution in [2.75, 3.05) is 43.2 Å². The van der Waals surface area contributed by atoms with Gasteiger partial charge < -0.3 is 29.4 Å². The number of benzene rings is 2. The molecule has 3 aromatic rings. The molecule has 2 heterocycles. The summed E-state index contributed by atoms with van der Waals surface area (Å²) < 4.78 is 67.6. The van der Waals surface area contributed by atoms with Crippen LogP contribution in [-0.2, 0) is 21.1 Å². The summed E-state index contributed by atoms with van der Waals surface area (Å²) in [5, 5.41) is 13.3. The second-order valence-electron chi connectivity index (χ2n) is 12.3. The van der Waals surface area contributed by atoms with E-state index < -0.39 is 45.7 Å². The first kappa shape index (κ1) is 35.3. The van der Waals surface area contributed by atoms with Crippen LogP contribution >= 0.6 is 0 Å². The van der Waals surface area contributed by atoms with Gasteiger partial charge in [0.15, 0.2) is 15.7 Å². The minimum atomic E-state index is -3.78. The van der Waals surface area contributed by atoms with E-state index in [1.165, 1.54) is 7.11 Å².